The van der Waals surface area contributed by atoms with Gasteiger partial charge in [0.2, 0.25) is 0 Å². The zero-order chi connectivity index (χ0) is 17.9. The molecule has 1 aliphatic heterocycles. The summed E-state index contributed by atoms with van der Waals surface area (Å²) >= 11 is 0. The van der Waals surface area contributed by atoms with Gasteiger partial charge in [0.15, 0.2) is 0 Å². The Morgan fingerprint density at radius 2 is 1.81 bits per heavy atom. The van der Waals surface area contributed by atoms with Crippen LogP contribution in [0.15, 0.2) is 60.7 Å². The van der Waals surface area contributed by atoms with Crippen LogP contribution in [0.5, 0.6) is 0 Å². The quantitative estimate of drug-likeness (QED) is 0.790. The number of nitrogens with one attached hydrogen (secondary N) is 1. The Bertz CT molecular complexity index is 903. The average molecular weight is 346 g/mol. The maximum Gasteiger partial charge on any atom is 0.258 e. The monoisotopic (exact) mass is 346 g/mol. The molecule has 5 nitrogen and oxygen atoms in total. The number of rotatable bonds is 4. The van der Waals surface area contributed by atoms with Crippen molar-refractivity contribution in [2.45, 2.75) is 19.5 Å². The Balaban J connectivity index is 1.72. The molecule has 1 aromatic heterocycles. The number of amides is 1. The lowest BCUT2D eigenvalue weighted by Crippen LogP contribution is -2.31. The van der Waals surface area contributed by atoms with Crippen LogP contribution in [0.4, 0.5) is 5.69 Å². The molecule has 3 aromatic rings. The highest BCUT2D eigenvalue weighted by Crippen LogP contribution is 2.24. The second-order valence-corrected chi connectivity index (χ2v) is 6.52. The molecular weight excluding hydrogens is 324 g/mol. The van der Waals surface area contributed by atoms with Gasteiger partial charge in [-0.05, 0) is 24.3 Å². The van der Waals surface area contributed by atoms with Crippen molar-refractivity contribution in [2.75, 3.05) is 11.4 Å². The number of hydrogen-bond acceptors (Lipinski definition) is 3. The molecule has 2 aromatic carbocycles. The molecule has 1 amide bonds. The van der Waals surface area contributed by atoms with E-state index in [-0.39, 0.29) is 5.91 Å². The normalized spacial score (nSPS) is 13.3. The fourth-order valence-electron chi connectivity index (χ4n) is 3.50. The Kier molecular flexibility index (Phi) is 4.54. The summed E-state index contributed by atoms with van der Waals surface area (Å²) in [5.41, 5.74) is 5.01. The zero-order valence-corrected chi connectivity index (χ0v) is 14.9. The van der Waals surface area contributed by atoms with Crippen LogP contribution in [0.1, 0.15) is 27.3 Å². The Hall–Kier alpha value is -2.92. The number of benzene rings is 2. The molecule has 0 radical (unpaired) electrons. The third kappa shape index (κ3) is 3.13. The highest BCUT2D eigenvalue weighted by Gasteiger charge is 2.24. The fourth-order valence-corrected chi connectivity index (χ4v) is 3.50. The third-order valence-electron chi connectivity index (χ3n) is 4.84. The van der Waals surface area contributed by atoms with Gasteiger partial charge in [0.05, 0.1) is 12.2 Å². The van der Waals surface area contributed by atoms with Crippen LogP contribution in [-0.2, 0) is 26.6 Å². The van der Waals surface area contributed by atoms with E-state index in [4.69, 9.17) is 5.10 Å². The number of aromatic nitrogens is 2. The van der Waals surface area contributed by atoms with Crippen LogP contribution in [0, 0.1) is 0 Å². The summed E-state index contributed by atoms with van der Waals surface area (Å²) in [6.45, 7) is 2.24. The lowest BCUT2D eigenvalue weighted by atomic mass is 10.1. The standard InChI is InChI=1S/C21H22N4O/c1-24-20-12-13-22-14-18(20)19(23-24)15-25(17-10-6-3-7-11-17)21(26)16-8-4-2-5-9-16/h2-11,22H,12-15H2,1H3. The number of fused-ring (bicyclic) bond motifs is 1. The number of carbonyl (C=O) groups is 1. The van der Waals surface area contributed by atoms with Gasteiger partial charge >= 0.3 is 0 Å². The lowest BCUT2D eigenvalue weighted by molar-refractivity contribution is 0.0984. The molecule has 0 saturated carbocycles. The smallest absolute Gasteiger partial charge is 0.258 e. The summed E-state index contributed by atoms with van der Waals surface area (Å²) < 4.78 is 1.96. The number of carbonyl (C=O) groups excluding carboxylic acids is 1. The second-order valence-electron chi connectivity index (χ2n) is 6.52. The largest absolute Gasteiger partial charge is 0.312 e. The molecule has 26 heavy (non-hydrogen) atoms. The molecule has 0 atom stereocenters. The SMILES string of the molecule is Cn1nc(CN(C(=O)c2ccccc2)c2ccccc2)c2c1CCNC2. The predicted molar refractivity (Wildman–Crippen MR) is 102 cm³/mol. The highest BCUT2D eigenvalue weighted by molar-refractivity contribution is 6.05. The van der Waals surface area contributed by atoms with Crippen LogP contribution >= 0.6 is 0 Å². The second kappa shape index (κ2) is 7.14. The fraction of sp³-hybridized carbons (Fsp3) is 0.238. The van der Waals surface area contributed by atoms with Gasteiger partial charge in [-0.15, -0.1) is 0 Å². The summed E-state index contributed by atoms with van der Waals surface area (Å²) in [7, 11) is 1.99. The topological polar surface area (TPSA) is 50.2 Å². The number of hydrogen-bond donors (Lipinski definition) is 1. The van der Waals surface area contributed by atoms with E-state index in [1.807, 2.05) is 77.3 Å². The number of nitrogens with zero attached hydrogens (tertiary/aromatic N) is 3. The van der Waals surface area contributed by atoms with Crippen LogP contribution in [0.3, 0.4) is 0 Å². The average Bonchev–Trinajstić information content (AvgIpc) is 3.03. The molecular formula is C21H22N4O. The summed E-state index contributed by atoms with van der Waals surface area (Å²) in [6, 6.07) is 19.2. The molecule has 0 spiro atoms. The molecule has 2 heterocycles. The minimum atomic E-state index is -0.0139. The molecule has 1 N–H and O–H groups in total. The van der Waals surface area contributed by atoms with Gasteiger partial charge in [0.25, 0.3) is 5.91 Å². The maximum atomic E-state index is 13.2. The van der Waals surface area contributed by atoms with Gasteiger partial charge in [-0.25, -0.2) is 0 Å². The van der Waals surface area contributed by atoms with Crippen molar-refractivity contribution in [1.82, 2.24) is 15.1 Å². The Morgan fingerprint density at radius 1 is 1.12 bits per heavy atom. The Labute approximate surface area is 153 Å². The molecule has 0 fully saturated rings. The Morgan fingerprint density at radius 3 is 2.54 bits per heavy atom. The first-order chi connectivity index (χ1) is 12.7. The van der Waals surface area contributed by atoms with Crippen LogP contribution in [0.25, 0.3) is 0 Å². The molecule has 5 heteroatoms. The van der Waals surface area contributed by atoms with Crippen molar-refractivity contribution in [3.8, 4) is 0 Å². The van der Waals surface area contributed by atoms with Crippen molar-refractivity contribution >= 4 is 11.6 Å². The van der Waals surface area contributed by atoms with E-state index < -0.39 is 0 Å². The molecule has 0 bridgehead atoms. The van der Waals surface area contributed by atoms with Crippen molar-refractivity contribution in [3.05, 3.63) is 83.2 Å². The molecule has 132 valence electrons. The zero-order valence-electron chi connectivity index (χ0n) is 14.9. The van der Waals surface area contributed by atoms with E-state index in [0.717, 1.165) is 30.9 Å². The first kappa shape index (κ1) is 16.5. The number of aryl methyl sites for hydroxylation is 1. The highest BCUT2D eigenvalue weighted by atomic mass is 16.2. The predicted octanol–water partition coefficient (Wildman–Crippen LogP) is 2.91. The van der Waals surface area contributed by atoms with Gasteiger partial charge in [-0.3, -0.25) is 9.48 Å². The van der Waals surface area contributed by atoms with E-state index >= 15 is 0 Å². The van der Waals surface area contributed by atoms with E-state index in [0.29, 0.717) is 12.1 Å². The minimum absolute atomic E-state index is 0.0139. The van der Waals surface area contributed by atoms with E-state index in [1.54, 1.807) is 0 Å². The van der Waals surface area contributed by atoms with Crippen molar-refractivity contribution < 1.29 is 4.79 Å². The first-order valence-electron chi connectivity index (χ1n) is 8.90. The number of para-hydroxylation sites is 1. The van der Waals surface area contributed by atoms with Gasteiger partial charge < -0.3 is 10.2 Å². The summed E-state index contributed by atoms with van der Waals surface area (Å²) in [6.07, 6.45) is 0.969. The van der Waals surface area contributed by atoms with Crippen LogP contribution in [-0.4, -0.2) is 22.2 Å². The molecule has 1 aliphatic rings. The van der Waals surface area contributed by atoms with E-state index in [9.17, 15) is 4.79 Å². The van der Waals surface area contributed by atoms with Crippen molar-refractivity contribution in [1.29, 1.82) is 0 Å². The molecule has 0 aliphatic carbocycles. The summed E-state index contributed by atoms with van der Waals surface area (Å²) in [4.78, 5) is 15.0. The molecule has 0 unspecified atom stereocenters. The first-order valence-corrected chi connectivity index (χ1v) is 8.90. The van der Waals surface area contributed by atoms with Gasteiger partial charge in [-0.2, -0.15) is 5.10 Å². The molecule has 4 rings (SSSR count). The van der Waals surface area contributed by atoms with Crippen molar-refractivity contribution in [3.63, 3.8) is 0 Å². The van der Waals surface area contributed by atoms with Gasteiger partial charge in [-0.1, -0.05) is 36.4 Å². The van der Waals surface area contributed by atoms with Gasteiger partial charge in [0, 0.05) is 49.1 Å². The molecule has 0 saturated heterocycles. The lowest BCUT2D eigenvalue weighted by Gasteiger charge is -2.23. The minimum Gasteiger partial charge on any atom is -0.312 e. The van der Waals surface area contributed by atoms with Gasteiger partial charge in [0.1, 0.15) is 0 Å². The summed E-state index contributed by atoms with van der Waals surface area (Å²) in [5, 5.41) is 8.13. The van der Waals surface area contributed by atoms with Crippen molar-refractivity contribution in [2.24, 2.45) is 7.05 Å². The maximum absolute atomic E-state index is 13.2. The van der Waals surface area contributed by atoms with E-state index in [1.165, 1.54) is 11.3 Å². The third-order valence-corrected chi connectivity index (χ3v) is 4.84. The van der Waals surface area contributed by atoms with Crippen LogP contribution in [0.2, 0.25) is 0 Å². The van der Waals surface area contributed by atoms with E-state index in [2.05, 4.69) is 5.32 Å². The number of anilines is 1. The summed E-state index contributed by atoms with van der Waals surface area (Å²) in [5.74, 6) is -0.0139. The van der Waals surface area contributed by atoms with Crippen LogP contribution < -0.4 is 10.2 Å².